The lowest BCUT2D eigenvalue weighted by Gasteiger charge is -2.33. The third-order valence-electron chi connectivity index (χ3n) is 3.39. The number of nitrogens with one attached hydrogen (secondary N) is 1. The average Bonchev–Trinajstić information content (AvgIpc) is 2.37. The fourth-order valence-corrected chi connectivity index (χ4v) is 2.64. The van der Waals surface area contributed by atoms with Crippen molar-refractivity contribution >= 4 is 11.7 Å². The zero-order valence-corrected chi connectivity index (χ0v) is 11.7. The minimum absolute atomic E-state index is 0.242. The Kier molecular flexibility index (Phi) is 4.43. The van der Waals surface area contributed by atoms with E-state index in [1.807, 2.05) is 18.2 Å². The molecule has 0 aliphatic carbocycles. The van der Waals surface area contributed by atoms with Gasteiger partial charge >= 0.3 is 5.97 Å². The fourth-order valence-electron chi connectivity index (χ4n) is 2.64. The van der Waals surface area contributed by atoms with Crippen LogP contribution in [0.15, 0.2) is 24.3 Å². The maximum absolute atomic E-state index is 11.7. The summed E-state index contributed by atoms with van der Waals surface area (Å²) in [5.74, 6) is -0.309. The summed E-state index contributed by atoms with van der Waals surface area (Å²) in [6, 6.07) is 7.77. The highest BCUT2D eigenvalue weighted by molar-refractivity contribution is 5.95. The molecule has 1 heterocycles. The number of methoxy groups -OCH3 is 1. The summed E-state index contributed by atoms with van der Waals surface area (Å²) in [5.41, 5.74) is 1.41. The highest BCUT2D eigenvalue weighted by Crippen LogP contribution is 2.24. The maximum atomic E-state index is 11.7. The van der Waals surface area contributed by atoms with Gasteiger partial charge < -0.3 is 14.8 Å². The number of para-hydroxylation sites is 1. The van der Waals surface area contributed by atoms with Crippen molar-refractivity contribution in [2.75, 3.05) is 12.4 Å². The van der Waals surface area contributed by atoms with E-state index in [2.05, 4.69) is 19.2 Å². The molecule has 0 amide bonds. The van der Waals surface area contributed by atoms with Gasteiger partial charge in [-0.3, -0.25) is 0 Å². The SMILES string of the molecule is COC(=O)c1ccccc1NC1CC(C)OC(C)C1. The van der Waals surface area contributed by atoms with E-state index in [-0.39, 0.29) is 18.2 Å². The molecule has 2 unspecified atom stereocenters. The summed E-state index contributed by atoms with van der Waals surface area (Å²) in [4.78, 5) is 11.7. The summed E-state index contributed by atoms with van der Waals surface area (Å²) in [5, 5.41) is 3.44. The topological polar surface area (TPSA) is 47.6 Å². The van der Waals surface area contributed by atoms with Crippen LogP contribution in [-0.2, 0) is 9.47 Å². The van der Waals surface area contributed by atoms with Gasteiger partial charge in [0, 0.05) is 11.7 Å². The number of carbonyl (C=O) groups excluding carboxylic acids is 1. The number of ether oxygens (including phenoxy) is 2. The van der Waals surface area contributed by atoms with Gasteiger partial charge in [0.05, 0.1) is 24.9 Å². The van der Waals surface area contributed by atoms with Crippen molar-refractivity contribution in [2.24, 2.45) is 0 Å². The molecule has 0 radical (unpaired) electrons. The van der Waals surface area contributed by atoms with E-state index in [9.17, 15) is 4.79 Å². The summed E-state index contributed by atoms with van der Waals surface area (Å²) in [6.45, 7) is 4.16. The Morgan fingerprint density at radius 1 is 1.26 bits per heavy atom. The van der Waals surface area contributed by atoms with Gasteiger partial charge in [-0.2, -0.15) is 0 Å². The Bertz CT molecular complexity index is 437. The molecule has 1 fully saturated rings. The smallest absolute Gasteiger partial charge is 0.339 e. The highest BCUT2D eigenvalue weighted by Gasteiger charge is 2.25. The predicted octanol–water partition coefficient (Wildman–Crippen LogP) is 2.84. The number of rotatable bonds is 3. The van der Waals surface area contributed by atoms with E-state index in [0.717, 1.165) is 18.5 Å². The van der Waals surface area contributed by atoms with Crippen molar-refractivity contribution in [1.29, 1.82) is 0 Å². The molecule has 1 N–H and O–H groups in total. The fraction of sp³-hybridized carbons (Fsp3) is 0.533. The second-order valence-electron chi connectivity index (χ2n) is 5.11. The average molecular weight is 263 g/mol. The number of hydrogen-bond acceptors (Lipinski definition) is 4. The molecule has 2 rings (SSSR count). The first-order valence-corrected chi connectivity index (χ1v) is 6.69. The van der Waals surface area contributed by atoms with Crippen molar-refractivity contribution in [3.63, 3.8) is 0 Å². The zero-order chi connectivity index (χ0) is 13.8. The van der Waals surface area contributed by atoms with Crippen LogP contribution in [0.2, 0.25) is 0 Å². The van der Waals surface area contributed by atoms with Gasteiger partial charge in [0.15, 0.2) is 0 Å². The van der Waals surface area contributed by atoms with Gasteiger partial charge in [-0.25, -0.2) is 4.79 Å². The van der Waals surface area contributed by atoms with Crippen molar-refractivity contribution in [3.05, 3.63) is 29.8 Å². The van der Waals surface area contributed by atoms with E-state index in [1.54, 1.807) is 6.07 Å². The Labute approximate surface area is 114 Å². The van der Waals surface area contributed by atoms with Crippen LogP contribution in [0.3, 0.4) is 0 Å². The van der Waals surface area contributed by atoms with Gasteiger partial charge in [-0.15, -0.1) is 0 Å². The monoisotopic (exact) mass is 263 g/mol. The van der Waals surface area contributed by atoms with E-state index in [1.165, 1.54) is 7.11 Å². The van der Waals surface area contributed by atoms with Crippen molar-refractivity contribution < 1.29 is 14.3 Å². The van der Waals surface area contributed by atoms with E-state index < -0.39 is 0 Å². The third-order valence-corrected chi connectivity index (χ3v) is 3.39. The van der Waals surface area contributed by atoms with E-state index >= 15 is 0 Å². The summed E-state index contributed by atoms with van der Waals surface area (Å²) in [6.07, 6.45) is 2.37. The van der Waals surface area contributed by atoms with Crippen LogP contribution in [0.25, 0.3) is 0 Å². The predicted molar refractivity (Wildman–Crippen MR) is 74.4 cm³/mol. The summed E-state index contributed by atoms with van der Waals surface area (Å²) in [7, 11) is 1.40. The molecule has 1 aliphatic heterocycles. The number of hydrogen-bond donors (Lipinski definition) is 1. The zero-order valence-electron chi connectivity index (χ0n) is 11.7. The molecule has 0 bridgehead atoms. The summed E-state index contributed by atoms with van der Waals surface area (Å²) >= 11 is 0. The lowest BCUT2D eigenvalue weighted by molar-refractivity contribution is -0.0337. The number of esters is 1. The molecule has 0 aromatic heterocycles. The normalized spacial score (nSPS) is 26.8. The molecule has 4 nitrogen and oxygen atoms in total. The largest absolute Gasteiger partial charge is 0.465 e. The second kappa shape index (κ2) is 6.06. The van der Waals surface area contributed by atoms with Crippen LogP contribution in [-0.4, -0.2) is 31.3 Å². The lowest BCUT2D eigenvalue weighted by atomic mass is 9.99. The quantitative estimate of drug-likeness (QED) is 0.852. The lowest BCUT2D eigenvalue weighted by Crippen LogP contribution is -2.37. The highest BCUT2D eigenvalue weighted by atomic mass is 16.5. The summed E-state index contributed by atoms with van der Waals surface area (Å²) < 4.78 is 10.5. The molecule has 1 aromatic rings. The number of benzene rings is 1. The van der Waals surface area contributed by atoms with Crippen LogP contribution in [0.1, 0.15) is 37.0 Å². The number of carbonyl (C=O) groups is 1. The Hall–Kier alpha value is -1.55. The van der Waals surface area contributed by atoms with Crippen molar-refractivity contribution in [3.8, 4) is 0 Å². The van der Waals surface area contributed by atoms with Crippen LogP contribution >= 0.6 is 0 Å². The van der Waals surface area contributed by atoms with Crippen LogP contribution in [0.4, 0.5) is 5.69 Å². The molecule has 1 aliphatic rings. The Morgan fingerprint density at radius 2 is 1.89 bits per heavy atom. The van der Waals surface area contributed by atoms with Gasteiger partial charge in [-0.05, 0) is 38.8 Å². The minimum atomic E-state index is -0.309. The molecule has 1 aromatic carbocycles. The van der Waals surface area contributed by atoms with Gasteiger partial charge in [0.1, 0.15) is 0 Å². The molecule has 104 valence electrons. The molecular weight excluding hydrogens is 242 g/mol. The van der Waals surface area contributed by atoms with Gasteiger partial charge in [0.25, 0.3) is 0 Å². The first-order valence-electron chi connectivity index (χ1n) is 6.69. The molecule has 0 saturated carbocycles. The molecule has 2 atom stereocenters. The first-order chi connectivity index (χ1) is 9.10. The Morgan fingerprint density at radius 3 is 2.53 bits per heavy atom. The minimum Gasteiger partial charge on any atom is -0.465 e. The molecule has 1 saturated heterocycles. The first kappa shape index (κ1) is 13.9. The van der Waals surface area contributed by atoms with Crippen molar-refractivity contribution in [1.82, 2.24) is 0 Å². The standard InChI is InChI=1S/C15H21NO3/c1-10-8-12(9-11(2)19-10)16-14-7-5-4-6-13(14)15(17)18-3/h4-7,10-12,16H,8-9H2,1-3H3. The van der Waals surface area contributed by atoms with E-state index in [0.29, 0.717) is 11.6 Å². The van der Waals surface area contributed by atoms with Crippen LogP contribution in [0, 0.1) is 0 Å². The van der Waals surface area contributed by atoms with Crippen molar-refractivity contribution in [2.45, 2.75) is 44.9 Å². The third kappa shape index (κ3) is 3.47. The molecule has 4 heteroatoms. The molecule has 0 spiro atoms. The molecular formula is C15H21NO3. The Balaban J connectivity index is 2.12. The number of anilines is 1. The van der Waals surface area contributed by atoms with E-state index in [4.69, 9.17) is 9.47 Å². The maximum Gasteiger partial charge on any atom is 0.339 e. The molecule has 19 heavy (non-hydrogen) atoms. The van der Waals surface area contributed by atoms with Gasteiger partial charge in [0.2, 0.25) is 0 Å². The van der Waals surface area contributed by atoms with Gasteiger partial charge in [-0.1, -0.05) is 12.1 Å². The second-order valence-corrected chi connectivity index (χ2v) is 5.11. The van der Waals surface area contributed by atoms with Crippen LogP contribution in [0.5, 0.6) is 0 Å². The van der Waals surface area contributed by atoms with Crippen LogP contribution < -0.4 is 5.32 Å².